The van der Waals surface area contributed by atoms with Crippen molar-refractivity contribution in [2.75, 3.05) is 30.3 Å². The predicted octanol–water partition coefficient (Wildman–Crippen LogP) is 4.19. The molecule has 0 aromatic carbocycles. The number of carbonyl (C=O) groups is 2. The molecule has 210 valence electrons. The summed E-state index contributed by atoms with van der Waals surface area (Å²) in [5, 5.41) is 15.4. The molecule has 2 heterocycles. The lowest BCUT2D eigenvalue weighted by Gasteiger charge is -2.33. The van der Waals surface area contributed by atoms with Crippen LogP contribution in [0.25, 0.3) is 0 Å². The van der Waals surface area contributed by atoms with Crippen LogP contribution in [0, 0.1) is 11.8 Å². The number of carboxylic acid groups (broad SMARTS) is 1. The number of hydrazine groups is 1. The molecule has 11 heteroatoms. The maximum absolute atomic E-state index is 11.7. The van der Waals surface area contributed by atoms with E-state index in [1.165, 1.54) is 4.90 Å². The van der Waals surface area contributed by atoms with Gasteiger partial charge in [0.2, 0.25) is 5.91 Å². The highest BCUT2D eigenvalue weighted by atomic mass is 32.2. The quantitative estimate of drug-likeness (QED) is 0.158. The summed E-state index contributed by atoms with van der Waals surface area (Å²) in [6.45, 7) is 17.6. The molecule has 37 heavy (non-hydrogen) atoms. The van der Waals surface area contributed by atoms with Crippen molar-refractivity contribution in [3.05, 3.63) is 11.9 Å². The zero-order chi connectivity index (χ0) is 27.8. The van der Waals surface area contributed by atoms with Crippen LogP contribution in [-0.2, 0) is 11.3 Å². The third-order valence-corrected chi connectivity index (χ3v) is 7.07. The lowest BCUT2D eigenvalue weighted by molar-refractivity contribution is -0.120. The molecule has 0 fully saturated rings. The van der Waals surface area contributed by atoms with Crippen molar-refractivity contribution >= 4 is 34.5 Å². The number of rotatable bonds is 12. The molecule has 10 nitrogen and oxygen atoms in total. The van der Waals surface area contributed by atoms with Gasteiger partial charge in [-0.2, -0.15) is 5.10 Å². The van der Waals surface area contributed by atoms with Gasteiger partial charge >= 0.3 is 6.09 Å². The van der Waals surface area contributed by atoms with Gasteiger partial charge < -0.3 is 14.9 Å². The molecule has 0 unspecified atom stereocenters. The molecular formula is C26H47N7O3S. The summed E-state index contributed by atoms with van der Waals surface area (Å²) in [5.41, 5.74) is 3.74. The molecule has 0 radical (unpaired) electrons. The fraction of sp³-hybridized carbons (Fsp3) is 0.769. The first-order valence-corrected chi connectivity index (χ1v) is 14.3. The SMILES string of the molecule is CC(C)CN1C[C@H](CCCCN(C(=O)O)C(C)(C)C)N=C(SCCC(=O)NN)c2nn(CC(C)C)cc21. The third kappa shape index (κ3) is 9.85. The second kappa shape index (κ2) is 14.0. The monoisotopic (exact) mass is 537 g/mol. The molecule has 0 saturated heterocycles. The Morgan fingerprint density at radius 2 is 1.89 bits per heavy atom. The number of carbonyl (C=O) groups excluding carboxylic acids is 1. The van der Waals surface area contributed by atoms with Crippen LogP contribution < -0.4 is 16.2 Å². The number of nitrogens with zero attached hydrogens (tertiary/aromatic N) is 5. The summed E-state index contributed by atoms with van der Waals surface area (Å²) in [4.78, 5) is 32.5. The van der Waals surface area contributed by atoms with E-state index in [4.69, 9.17) is 15.9 Å². The first-order chi connectivity index (χ1) is 17.3. The second-order valence-corrected chi connectivity index (χ2v) is 12.7. The Bertz CT molecular complexity index is 924. The Balaban J connectivity index is 2.26. The largest absolute Gasteiger partial charge is 0.465 e. The molecule has 0 aliphatic carbocycles. The van der Waals surface area contributed by atoms with E-state index in [-0.39, 0.29) is 11.9 Å². The molecule has 0 bridgehead atoms. The van der Waals surface area contributed by atoms with E-state index in [9.17, 15) is 14.7 Å². The number of amides is 2. The highest BCUT2D eigenvalue weighted by Crippen LogP contribution is 2.31. The van der Waals surface area contributed by atoms with Crippen molar-refractivity contribution in [3.8, 4) is 0 Å². The minimum Gasteiger partial charge on any atom is -0.465 e. The average Bonchev–Trinajstić information content (AvgIpc) is 3.13. The van der Waals surface area contributed by atoms with Crippen LogP contribution >= 0.6 is 11.8 Å². The van der Waals surface area contributed by atoms with Gasteiger partial charge in [0, 0.05) is 50.1 Å². The van der Waals surface area contributed by atoms with Crippen molar-refractivity contribution < 1.29 is 14.7 Å². The summed E-state index contributed by atoms with van der Waals surface area (Å²) < 4.78 is 2.01. The van der Waals surface area contributed by atoms with Gasteiger partial charge in [0.25, 0.3) is 0 Å². The number of aromatic nitrogens is 2. The molecule has 1 aromatic heterocycles. The zero-order valence-corrected chi connectivity index (χ0v) is 24.5. The molecule has 4 N–H and O–H groups in total. The number of hydrogen-bond donors (Lipinski definition) is 3. The first kappa shape index (κ1) is 31.0. The predicted molar refractivity (Wildman–Crippen MR) is 152 cm³/mol. The normalized spacial score (nSPS) is 16.0. The molecule has 1 aliphatic rings. The van der Waals surface area contributed by atoms with Crippen LogP contribution in [0.3, 0.4) is 0 Å². The number of unbranched alkanes of at least 4 members (excludes halogenated alkanes) is 1. The van der Waals surface area contributed by atoms with Crippen molar-refractivity contribution in [2.45, 2.75) is 92.3 Å². The summed E-state index contributed by atoms with van der Waals surface area (Å²) in [6.07, 6.45) is 4.08. The Kier molecular flexibility index (Phi) is 11.7. The topological polar surface area (TPSA) is 129 Å². The Labute approximate surface area is 226 Å². The average molecular weight is 538 g/mol. The highest BCUT2D eigenvalue weighted by molar-refractivity contribution is 8.14. The van der Waals surface area contributed by atoms with Crippen molar-refractivity contribution in [3.63, 3.8) is 0 Å². The first-order valence-electron chi connectivity index (χ1n) is 13.3. The fourth-order valence-corrected chi connectivity index (χ4v) is 5.42. The zero-order valence-electron chi connectivity index (χ0n) is 23.7. The minimum atomic E-state index is -0.882. The molecule has 2 rings (SSSR count). The van der Waals surface area contributed by atoms with Crippen LogP contribution in [0.5, 0.6) is 0 Å². The van der Waals surface area contributed by atoms with E-state index in [0.717, 1.165) is 55.3 Å². The van der Waals surface area contributed by atoms with Crippen molar-refractivity contribution in [1.82, 2.24) is 20.1 Å². The van der Waals surface area contributed by atoms with Gasteiger partial charge in [0.05, 0.1) is 11.7 Å². The van der Waals surface area contributed by atoms with Gasteiger partial charge in [-0.15, -0.1) is 11.8 Å². The Morgan fingerprint density at radius 3 is 2.46 bits per heavy atom. The summed E-state index contributed by atoms with van der Waals surface area (Å²) >= 11 is 1.55. The van der Waals surface area contributed by atoms with Gasteiger partial charge in [-0.1, -0.05) is 27.7 Å². The molecule has 0 saturated carbocycles. The van der Waals surface area contributed by atoms with E-state index in [0.29, 0.717) is 30.6 Å². The summed E-state index contributed by atoms with van der Waals surface area (Å²) in [6, 6.07) is 0.0604. The number of nitrogens with one attached hydrogen (secondary N) is 1. The van der Waals surface area contributed by atoms with Crippen LogP contribution in [0.1, 0.15) is 79.8 Å². The lowest BCUT2D eigenvalue weighted by Crippen LogP contribution is -2.45. The molecule has 0 spiro atoms. The maximum Gasteiger partial charge on any atom is 0.407 e. The molecule has 2 amide bonds. The molecular weight excluding hydrogens is 490 g/mol. The smallest absolute Gasteiger partial charge is 0.407 e. The summed E-state index contributed by atoms with van der Waals surface area (Å²) in [7, 11) is 0. The molecule has 1 aromatic rings. The van der Waals surface area contributed by atoms with E-state index >= 15 is 0 Å². The van der Waals surface area contributed by atoms with Crippen LogP contribution in [-0.4, -0.2) is 73.8 Å². The van der Waals surface area contributed by atoms with E-state index in [1.807, 2.05) is 25.5 Å². The number of thioether (sulfide) groups is 1. The number of hydrogen-bond acceptors (Lipinski definition) is 7. The van der Waals surface area contributed by atoms with Crippen molar-refractivity contribution in [1.29, 1.82) is 0 Å². The second-order valence-electron chi connectivity index (χ2n) is 11.6. The van der Waals surface area contributed by atoms with Crippen LogP contribution in [0.2, 0.25) is 0 Å². The summed E-state index contributed by atoms with van der Waals surface area (Å²) in [5.74, 6) is 6.56. The van der Waals surface area contributed by atoms with Crippen LogP contribution in [0.4, 0.5) is 10.5 Å². The number of aliphatic imine (C=N–C) groups is 1. The van der Waals surface area contributed by atoms with E-state index in [2.05, 4.69) is 44.2 Å². The van der Waals surface area contributed by atoms with Gasteiger partial charge in [-0.05, 0) is 51.9 Å². The van der Waals surface area contributed by atoms with E-state index < -0.39 is 11.6 Å². The van der Waals surface area contributed by atoms with E-state index in [1.54, 1.807) is 11.8 Å². The number of nitrogens with two attached hydrogens (primary N) is 1. The minimum absolute atomic E-state index is 0.0604. The highest BCUT2D eigenvalue weighted by Gasteiger charge is 2.29. The van der Waals surface area contributed by atoms with Crippen LogP contribution in [0.15, 0.2) is 11.2 Å². The van der Waals surface area contributed by atoms with Gasteiger partial charge in [0.15, 0.2) is 0 Å². The van der Waals surface area contributed by atoms with Gasteiger partial charge in [-0.25, -0.2) is 10.6 Å². The maximum atomic E-state index is 11.7. The standard InChI is InChI=1S/C26H47N7O3S/c1-18(2)14-31-16-20(10-8-9-12-33(25(35)36)26(5,6)7)28-24(37-13-11-22(34)29-27)23-21(31)17-32(30-23)15-19(3)4/h17-20H,8-16,27H2,1-7H3,(H,29,34)(H,35,36)/t20-/m0/s1. The lowest BCUT2D eigenvalue weighted by atomic mass is 10.0. The molecule has 1 atom stereocenters. The fourth-order valence-electron chi connectivity index (χ4n) is 4.44. The van der Waals surface area contributed by atoms with Crippen molar-refractivity contribution in [2.24, 2.45) is 22.7 Å². The number of fused-ring (bicyclic) bond motifs is 1. The molecule has 1 aliphatic heterocycles. The Hall–Kier alpha value is -2.27. The third-order valence-electron chi connectivity index (χ3n) is 6.09. The number of anilines is 1. The van der Waals surface area contributed by atoms with Gasteiger partial charge in [-0.3, -0.25) is 19.9 Å². The Morgan fingerprint density at radius 1 is 1.22 bits per heavy atom. The van der Waals surface area contributed by atoms with Gasteiger partial charge in [0.1, 0.15) is 10.7 Å².